The van der Waals surface area contributed by atoms with Gasteiger partial charge in [-0.05, 0) is 35.4 Å². The molecule has 0 aliphatic carbocycles. The normalized spacial score (nSPS) is 11.6. The molecule has 1 atom stereocenters. The Kier molecular flexibility index (Phi) is 5.90. The summed E-state index contributed by atoms with van der Waals surface area (Å²) in [4.78, 5) is 24.1. The number of methoxy groups -OCH3 is 1. The van der Waals surface area contributed by atoms with Crippen LogP contribution in [0.25, 0.3) is 0 Å². The molecule has 26 heavy (non-hydrogen) atoms. The monoisotopic (exact) mass is 361 g/mol. The van der Waals surface area contributed by atoms with Crippen molar-refractivity contribution < 1.29 is 34.8 Å². The standard InChI is InChI=1S/C18H19NO7/c1-26-18(25)12(6-10-2-4-13(20)15(22)7-10)19-17(24)9-11-3-5-14(21)16(23)8-11/h2-5,7-8,12,20-23H,6,9H2,1H3,(H,19,24)/t12-/m1/s1. The molecule has 2 rings (SSSR count). The molecule has 2 aromatic rings. The highest BCUT2D eigenvalue weighted by molar-refractivity contribution is 5.86. The second-order valence-electron chi connectivity index (χ2n) is 5.67. The Morgan fingerprint density at radius 1 is 0.923 bits per heavy atom. The van der Waals surface area contributed by atoms with Crippen molar-refractivity contribution in [2.75, 3.05) is 7.11 Å². The first kappa shape index (κ1) is 18.9. The van der Waals surface area contributed by atoms with Gasteiger partial charge in [0.05, 0.1) is 13.5 Å². The van der Waals surface area contributed by atoms with Crippen LogP contribution in [-0.2, 0) is 27.2 Å². The van der Waals surface area contributed by atoms with E-state index in [0.717, 1.165) is 0 Å². The van der Waals surface area contributed by atoms with Gasteiger partial charge in [-0.25, -0.2) is 4.79 Å². The van der Waals surface area contributed by atoms with E-state index in [1.54, 1.807) is 0 Å². The minimum absolute atomic E-state index is 0.0487. The molecular weight excluding hydrogens is 342 g/mol. The van der Waals surface area contributed by atoms with Crippen molar-refractivity contribution in [3.63, 3.8) is 0 Å². The van der Waals surface area contributed by atoms with Crippen LogP contribution in [-0.4, -0.2) is 45.5 Å². The number of ether oxygens (including phenoxy) is 1. The van der Waals surface area contributed by atoms with Crippen LogP contribution in [0, 0.1) is 0 Å². The summed E-state index contributed by atoms with van der Waals surface area (Å²) in [6, 6.07) is 7.06. The Morgan fingerprint density at radius 2 is 1.46 bits per heavy atom. The van der Waals surface area contributed by atoms with E-state index in [1.807, 2.05) is 0 Å². The van der Waals surface area contributed by atoms with Crippen molar-refractivity contribution in [3.05, 3.63) is 47.5 Å². The number of phenolic OH excluding ortho intramolecular Hbond substituents is 4. The minimum atomic E-state index is -0.998. The first-order valence-corrected chi connectivity index (χ1v) is 7.69. The van der Waals surface area contributed by atoms with Crippen LogP contribution in [0.5, 0.6) is 23.0 Å². The van der Waals surface area contributed by atoms with Crippen LogP contribution < -0.4 is 5.32 Å². The first-order chi connectivity index (χ1) is 12.3. The van der Waals surface area contributed by atoms with E-state index in [4.69, 9.17) is 0 Å². The Labute approximate surface area is 149 Å². The molecule has 1 amide bonds. The zero-order valence-corrected chi connectivity index (χ0v) is 14.0. The molecule has 0 aliphatic rings. The fourth-order valence-electron chi connectivity index (χ4n) is 2.38. The maximum absolute atomic E-state index is 12.2. The summed E-state index contributed by atoms with van der Waals surface area (Å²) in [5.74, 6) is -2.43. The lowest BCUT2D eigenvalue weighted by atomic mass is 10.0. The van der Waals surface area contributed by atoms with Crippen molar-refractivity contribution in [2.24, 2.45) is 0 Å². The van der Waals surface area contributed by atoms with E-state index in [0.29, 0.717) is 11.1 Å². The molecule has 0 aromatic heterocycles. The van der Waals surface area contributed by atoms with Crippen LogP contribution in [0.4, 0.5) is 0 Å². The van der Waals surface area contributed by atoms with Crippen LogP contribution in [0.1, 0.15) is 11.1 Å². The number of phenols is 4. The van der Waals surface area contributed by atoms with Gasteiger partial charge in [-0.1, -0.05) is 12.1 Å². The zero-order chi connectivity index (χ0) is 19.3. The highest BCUT2D eigenvalue weighted by Crippen LogP contribution is 2.26. The van der Waals surface area contributed by atoms with Gasteiger partial charge in [0.1, 0.15) is 6.04 Å². The average Bonchev–Trinajstić information content (AvgIpc) is 2.60. The third kappa shape index (κ3) is 4.79. The second kappa shape index (κ2) is 8.11. The lowest BCUT2D eigenvalue weighted by molar-refractivity contribution is -0.145. The summed E-state index contributed by atoms with van der Waals surface area (Å²) >= 11 is 0. The lowest BCUT2D eigenvalue weighted by Crippen LogP contribution is -2.43. The van der Waals surface area contributed by atoms with E-state index in [2.05, 4.69) is 10.1 Å². The van der Waals surface area contributed by atoms with E-state index >= 15 is 0 Å². The van der Waals surface area contributed by atoms with Crippen LogP contribution in [0.3, 0.4) is 0 Å². The van der Waals surface area contributed by atoms with Crippen molar-refractivity contribution in [2.45, 2.75) is 18.9 Å². The van der Waals surface area contributed by atoms with Gasteiger partial charge in [0, 0.05) is 6.42 Å². The van der Waals surface area contributed by atoms with Gasteiger partial charge in [0.2, 0.25) is 5.91 Å². The van der Waals surface area contributed by atoms with Gasteiger partial charge >= 0.3 is 5.97 Å². The largest absolute Gasteiger partial charge is 0.504 e. The first-order valence-electron chi connectivity index (χ1n) is 7.69. The average molecular weight is 361 g/mol. The number of aromatic hydroxyl groups is 4. The summed E-state index contributed by atoms with van der Waals surface area (Å²) in [5, 5.41) is 40.2. The van der Waals surface area contributed by atoms with E-state index < -0.39 is 17.9 Å². The molecule has 0 saturated carbocycles. The SMILES string of the molecule is COC(=O)[C@@H](Cc1ccc(O)c(O)c1)NC(=O)Cc1ccc(O)c(O)c1. The van der Waals surface area contributed by atoms with Crippen molar-refractivity contribution >= 4 is 11.9 Å². The molecule has 0 radical (unpaired) electrons. The van der Waals surface area contributed by atoms with Crippen LogP contribution in [0.15, 0.2) is 36.4 Å². The number of esters is 1. The number of nitrogens with one attached hydrogen (secondary N) is 1. The predicted octanol–water partition coefficient (Wildman–Crippen LogP) is 0.952. The minimum Gasteiger partial charge on any atom is -0.504 e. The topological polar surface area (TPSA) is 136 Å². The third-order valence-corrected chi connectivity index (χ3v) is 3.71. The van der Waals surface area contributed by atoms with Gasteiger partial charge in [-0.2, -0.15) is 0 Å². The maximum atomic E-state index is 12.2. The van der Waals surface area contributed by atoms with Gasteiger partial charge in [0.15, 0.2) is 23.0 Å². The summed E-state index contributed by atoms with van der Waals surface area (Å²) < 4.78 is 4.69. The maximum Gasteiger partial charge on any atom is 0.328 e. The van der Waals surface area contributed by atoms with Crippen molar-refractivity contribution in [1.29, 1.82) is 0 Å². The Morgan fingerprint density at radius 3 is 2.00 bits per heavy atom. The summed E-state index contributed by atoms with van der Waals surface area (Å²) in [6.45, 7) is 0. The molecular formula is C18H19NO7. The number of rotatable bonds is 6. The van der Waals surface area contributed by atoms with Gasteiger partial charge in [-0.15, -0.1) is 0 Å². The summed E-state index contributed by atoms with van der Waals surface area (Å²) in [5.41, 5.74) is 0.960. The quantitative estimate of drug-likeness (QED) is 0.382. The summed E-state index contributed by atoms with van der Waals surface area (Å²) in [6.07, 6.45) is -0.0742. The van der Waals surface area contributed by atoms with Crippen molar-refractivity contribution in [3.8, 4) is 23.0 Å². The molecule has 0 fully saturated rings. The highest BCUT2D eigenvalue weighted by Gasteiger charge is 2.22. The molecule has 0 spiro atoms. The third-order valence-electron chi connectivity index (χ3n) is 3.71. The molecule has 0 saturated heterocycles. The molecule has 0 aliphatic heterocycles. The van der Waals surface area contributed by atoms with Crippen LogP contribution >= 0.6 is 0 Å². The molecule has 0 bridgehead atoms. The molecule has 0 unspecified atom stereocenters. The Balaban J connectivity index is 2.08. The van der Waals surface area contributed by atoms with Crippen molar-refractivity contribution in [1.82, 2.24) is 5.32 Å². The molecule has 2 aromatic carbocycles. The molecule has 8 heteroatoms. The number of carbonyl (C=O) groups is 2. The second-order valence-corrected chi connectivity index (χ2v) is 5.67. The number of benzene rings is 2. The van der Waals surface area contributed by atoms with Gasteiger partial charge < -0.3 is 30.5 Å². The number of hydrogen-bond donors (Lipinski definition) is 5. The zero-order valence-electron chi connectivity index (χ0n) is 14.0. The smallest absolute Gasteiger partial charge is 0.328 e. The fraction of sp³-hybridized carbons (Fsp3) is 0.222. The number of amides is 1. The molecule has 0 heterocycles. The van der Waals surface area contributed by atoms with Crippen LogP contribution in [0.2, 0.25) is 0 Å². The summed E-state index contributed by atoms with van der Waals surface area (Å²) in [7, 11) is 1.19. The van der Waals surface area contributed by atoms with E-state index in [1.165, 1.54) is 43.5 Å². The highest BCUT2D eigenvalue weighted by atomic mass is 16.5. The number of carbonyl (C=O) groups excluding carboxylic acids is 2. The van der Waals surface area contributed by atoms with Gasteiger partial charge in [0.25, 0.3) is 0 Å². The Hall–Kier alpha value is -3.42. The predicted molar refractivity (Wildman–Crippen MR) is 90.9 cm³/mol. The molecule has 8 nitrogen and oxygen atoms in total. The number of hydrogen-bond acceptors (Lipinski definition) is 7. The van der Waals surface area contributed by atoms with E-state index in [-0.39, 0.29) is 35.8 Å². The Bertz CT molecular complexity index is 819. The molecule has 5 N–H and O–H groups in total. The lowest BCUT2D eigenvalue weighted by Gasteiger charge is -2.17. The van der Waals surface area contributed by atoms with Gasteiger partial charge in [-0.3, -0.25) is 4.79 Å². The molecule has 138 valence electrons. The fourth-order valence-corrected chi connectivity index (χ4v) is 2.38. The van der Waals surface area contributed by atoms with E-state index in [9.17, 15) is 30.0 Å².